The van der Waals surface area contributed by atoms with Gasteiger partial charge in [0.25, 0.3) is 0 Å². The van der Waals surface area contributed by atoms with Gasteiger partial charge in [-0.15, -0.1) is 0 Å². The van der Waals surface area contributed by atoms with Crippen LogP contribution in [-0.2, 0) is 4.79 Å². The number of aryl methyl sites for hydroxylation is 1. The molecule has 0 saturated carbocycles. The van der Waals surface area contributed by atoms with Crippen molar-refractivity contribution in [2.75, 3.05) is 5.32 Å². The van der Waals surface area contributed by atoms with Gasteiger partial charge in [0.1, 0.15) is 5.76 Å². The van der Waals surface area contributed by atoms with Crippen LogP contribution in [0.3, 0.4) is 0 Å². The highest BCUT2D eigenvalue weighted by Crippen LogP contribution is 2.06. The van der Waals surface area contributed by atoms with E-state index < -0.39 is 0 Å². The molecule has 0 aliphatic rings. The first-order valence-electron chi connectivity index (χ1n) is 5.92. The second-order valence-electron chi connectivity index (χ2n) is 4.01. The van der Waals surface area contributed by atoms with Crippen molar-refractivity contribution in [3.63, 3.8) is 0 Å². The van der Waals surface area contributed by atoms with Crippen LogP contribution in [0.25, 0.3) is 6.08 Å². The second-order valence-corrected chi connectivity index (χ2v) is 4.42. The molecule has 0 aliphatic heterocycles. The monoisotopic (exact) mass is 287 g/mol. The number of anilines is 1. The first-order valence-corrected chi connectivity index (χ1v) is 6.33. The number of carbonyl (C=O) groups excluding carboxylic acids is 1. The zero-order valence-electron chi connectivity index (χ0n) is 10.8. The molecule has 0 bridgehead atoms. The van der Waals surface area contributed by atoms with E-state index in [4.69, 9.17) is 16.7 Å². The molecular formula is C14H13N3O2S. The predicted octanol–water partition coefficient (Wildman–Crippen LogP) is 2.51. The molecule has 20 heavy (non-hydrogen) atoms. The van der Waals surface area contributed by atoms with Gasteiger partial charge >= 0.3 is 0 Å². The molecule has 1 aromatic carbocycles. The number of benzene rings is 1. The van der Waals surface area contributed by atoms with Crippen LogP contribution in [0.4, 0.5) is 5.82 Å². The summed E-state index contributed by atoms with van der Waals surface area (Å²) >= 11 is 4.99. The molecule has 5 nitrogen and oxygen atoms in total. The van der Waals surface area contributed by atoms with Crippen molar-refractivity contribution in [2.24, 2.45) is 0 Å². The zero-order valence-corrected chi connectivity index (χ0v) is 11.6. The molecular weight excluding hydrogens is 274 g/mol. The van der Waals surface area contributed by atoms with Gasteiger partial charge in [-0.3, -0.25) is 10.1 Å². The van der Waals surface area contributed by atoms with Gasteiger partial charge in [0.15, 0.2) is 10.9 Å². The molecule has 1 heterocycles. The average Bonchev–Trinajstić information content (AvgIpc) is 2.83. The van der Waals surface area contributed by atoms with E-state index in [9.17, 15) is 4.79 Å². The van der Waals surface area contributed by atoms with E-state index in [-0.39, 0.29) is 11.0 Å². The number of rotatable bonds is 3. The Balaban J connectivity index is 1.85. The van der Waals surface area contributed by atoms with Crippen LogP contribution < -0.4 is 10.6 Å². The van der Waals surface area contributed by atoms with Crippen LogP contribution in [0, 0.1) is 6.92 Å². The van der Waals surface area contributed by atoms with Gasteiger partial charge < -0.3 is 9.84 Å². The molecule has 0 spiro atoms. The number of nitrogens with one attached hydrogen (secondary N) is 2. The quantitative estimate of drug-likeness (QED) is 0.670. The Morgan fingerprint density at radius 2 is 2.10 bits per heavy atom. The van der Waals surface area contributed by atoms with E-state index in [0.29, 0.717) is 11.6 Å². The number of hydrogen-bond donors (Lipinski definition) is 2. The minimum Gasteiger partial charge on any atom is -0.360 e. The van der Waals surface area contributed by atoms with Crippen molar-refractivity contribution >= 4 is 35.1 Å². The van der Waals surface area contributed by atoms with E-state index >= 15 is 0 Å². The summed E-state index contributed by atoms with van der Waals surface area (Å²) in [4.78, 5) is 11.7. The van der Waals surface area contributed by atoms with Gasteiger partial charge in [0.2, 0.25) is 5.91 Å². The highest BCUT2D eigenvalue weighted by molar-refractivity contribution is 7.80. The largest absolute Gasteiger partial charge is 0.360 e. The lowest BCUT2D eigenvalue weighted by Crippen LogP contribution is -2.32. The van der Waals surface area contributed by atoms with Crippen LogP contribution in [0.5, 0.6) is 0 Å². The molecule has 0 aliphatic carbocycles. The average molecular weight is 287 g/mol. The Morgan fingerprint density at radius 3 is 2.75 bits per heavy atom. The third kappa shape index (κ3) is 4.33. The summed E-state index contributed by atoms with van der Waals surface area (Å²) in [6.07, 6.45) is 3.12. The van der Waals surface area contributed by atoms with E-state index in [1.165, 1.54) is 6.08 Å². The molecule has 6 heteroatoms. The predicted molar refractivity (Wildman–Crippen MR) is 81.1 cm³/mol. The van der Waals surface area contributed by atoms with Crippen LogP contribution in [0.15, 0.2) is 47.0 Å². The zero-order chi connectivity index (χ0) is 14.4. The summed E-state index contributed by atoms with van der Waals surface area (Å²) in [5.41, 5.74) is 0.939. The molecule has 1 aromatic heterocycles. The van der Waals surface area contributed by atoms with E-state index in [1.54, 1.807) is 19.1 Å². The number of hydrogen-bond acceptors (Lipinski definition) is 4. The Kier molecular flexibility index (Phi) is 4.62. The molecule has 0 radical (unpaired) electrons. The van der Waals surface area contributed by atoms with Crippen LogP contribution in [-0.4, -0.2) is 16.2 Å². The summed E-state index contributed by atoms with van der Waals surface area (Å²) in [6, 6.07) is 11.2. The minimum absolute atomic E-state index is 0.168. The Morgan fingerprint density at radius 1 is 1.35 bits per heavy atom. The van der Waals surface area contributed by atoms with Crippen LogP contribution in [0.2, 0.25) is 0 Å². The number of thiocarbonyl (C=S) groups is 1. The Labute approximate surface area is 121 Å². The van der Waals surface area contributed by atoms with Crippen molar-refractivity contribution in [3.05, 3.63) is 53.8 Å². The lowest BCUT2D eigenvalue weighted by atomic mass is 10.2. The summed E-state index contributed by atoms with van der Waals surface area (Å²) < 4.78 is 4.88. The molecule has 2 aromatic rings. The number of carbonyl (C=O) groups is 1. The molecule has 1 amide bonds. The van der Waals surface area contributed by atoms with Gasteiger partial charge in [0.05, 0.1) is 0 Å². The molecule has 2 N–H and O–H groups in total. The molecule has 2 rings (SSSR count). The normalized spacial score (nSPS) is 10.4. The topological polar surface area (TPSA) is 67.2 Å². The van der Waals surface area contributed by atoms with E-state index in [2.05, 4.69) is 15.8 Å². The number of nitrogens with zero attached hydrogens (tertiary/aromatic N) is 1. The number of amides is 1. The Bertz CT molecular complexity index is 635. The maximum absolute atomic E-state index is 11.7. The van der Waals surface area contributed by atoms with E-state index in [0.717, 1.165) is 5.56 Å². The van der Waals surface area contributed by atoms with Crippen molar-refractivity contribution in [1.82, 2.24) is 10.5 Å². The molecule has 0 atom stereocenters. The summed E-state index contributed by atoms with van der Waals surface area (Å²) in [7, 11) is 0. The molecule has 0 saturated heterocycles. The molecule has 0 fully saturated rings. The summed E-state index contributed by atoms with van der Waals surface area (Å²) in [5, 5.41) is 9.15. The lowest BCUT2D eigenvalue weighted by Gasteiger charge is -2.03. The molecule has 102 valence electrons. The van der Waals surface area contributed by atoms with Crippen molar-refractivity contribution in [2.45, 2.75) is 6.92 Å². The maximum Gasteiger partial charge on any atom is 0.250 e. The minimum atomic E-state index is -0.313. The van der Waals surface area contributed by atoms with Gasteiger partial charge in [-0.1, -0.05) is 35.5 Å². The number of aromatic nitrogens is 1. The fraction of sp³-hybridized carbons (Fsp3) is 0.0714. The standard InChI is InChI=1S/C14H13N3O2S/c1-10-9-12(17-19-10)15-14(20)16-13(18)8-7-11-5-3-2-4-6-11/h2-9H,1H3,(H2,15,16,17,18,20). The van der Waals surface area contributed by atoms with Crippen molar-refractivity contribution in [3.8, 4) is 0 Å². The maximum atomic E-state index is 11.7. The van der Waals surface area contributed by atoms with Crippen LogP contribution >= 0.6 is 12.2 Å². The summed E-state index contributed by atoms with van der Waals surface area (Å²) in [6.45, 7) is 1.77. The molecule has 0 unspecified atom stereocenters. The smallest absolute Gasteiger partial charge is 0.250 e. The lowest BCUT2D eigenvalue weighted by molar-refractivity contribution is -0.115. The van der Waals surface area contributed by atoms with Gasteiger partial charge in [-0.25, -0.2) is 0 Å². The third-order valence-electron chi connectivity index (χ3n) is 2.33. The fourth-order valence-corrected chi connectivity index (χ4v) is 1.67. The first-order chi connectivity index (χ1) is 9.63. The Hall–Kier alpha value is -2.47. The summed E-state index contributed by atoms with van der Waals surface area (Å²) in [5.74, 6) is 0.803. The second kappa shape index (κ2) is 6.63. The van der Waals surface area contributed by atoms with Gasteiger partial charge in [-0.05, 0) is 30.8 Å². The van der Waals surface area contributed by atoms with Gasteiger partial charge in [-0.2, -0.15) is 0 Å². The van der Waals surface area contributed by atoms with Crippen molar-refractivity contribution < 1.29 is 9.32 Å². The van der Waals surface area contributed by atoms with Gasteiger partial charge in [0, 0.05) is 12.1 Å². The SMILES string of the molecule is Cc1cc(NC(=S)NC(=O)C=Cc2ccccc2)no1. The van der Waals surface area contributed by atoms with Crippen molar-refractivity contribution in [1.29, 1.82) is 0 Å². The third-order valence-corrected chi connectivity index (χ3v) is 2.54. The highest BCUT2D eigenvalue weighted by atomic mass is 32.1. The van der Waals surface area contributed by atoms with E-state index in [1.807, 2.05) is 30.3 Å². The van der Waals surface area contributed by atoms with Crippen LogP contribution in [0.1, 0.15) is 11.3 Å². The first kappa shape index (κ1) is 14.0. The highest BCUT2D eigenvalue weighted by Gasteiger charge is 2.04. The fourth-order valence-electron chi connectivity index (χ4n) is 1.46.